The number of esters is 1. The summed E-state index contributed by atoms with van der Waals surface area (Å²) >= 11 is 0. The first-order valence-electron chi connectivity index (χ1n) is 14.3. The number of hydrogen-bond acceptors (Lipinski definition) is 12. The normalized spacial score (nSPS) is 28.5. The number of carbonyl (C=O) groups excluding carboxylic acids is 2. The topological polar surface area (TPSA) is 128 Å². The van der Waals surface area contributed by atoms with Crippen molar-refractivity contribution in [3.63, 3.8) is 0 Å². The summed E-state index contributed by atoms with van der Waals surface area (Å²) in [7, 11) is 6.05. The lowest BCUT2D eigenvalue weighted by Crippen LogP contribution is -2.59. The summed E-state index contributed by atoms with van der Waals surface area (Å²) < 4.78 is 59.4. The Bertz CT molecular complexity index is 1020. The maximum atomic E-state index is 13.2. The number of rotatable bonds is 15. The molecule has 12 nitrogen and oxygen atoms in total. The van der Waals surface area contributed by atoms with Crippen LogP contribution in [0.3, 0.4) is 0 Å². The minimum atomic E-state index is -3.57. The number of methoxy groups -OCH3 is 2. The highest BCUT2D eigenvalue weighted by Gasteiger charge is 2.50. The predicted octanol–water partition coefficient (Wildman–Crippen LogP) is 4.16. The third-order valence-corrected chi connectivity index (χ3v) is 10.1. The number of Topliss-reactive ketones (excluding diaryl/α,β-unsaturated/α-hetero) is 1. The van der Waals surface area contributed by atoms with E-state index >= 15 is 0 Å². The monoisotopic (exact) mass is 621 g/mol. The molecule has 2 aliphatic rings. The quantitative estimate of drug-likeness (QED) is 0.192. The molecule has 0 spiro atoms. The molecule has 0 N–H and O–H groups in total. The number of ether oxygens (including phenoxy) is 6. The molecular formula is C29H52NO11P. The fraction of sp³-hybridized carbons (Fsp3) is 0.862. The van der Waals surface area contributed by atoms with Gasteiger partial charge >= 0.3 is 13.6 Å². The van der Waals surface area contributed by atoms with E-state index in [2.05, 4.69) is 4.90 Å². The maximum Gasteiger partial charge on any atom is 0.340 e. The van der Waals surface area contributed by atoms with Gasteiger partial charge in [0.2, 0.25) is 5.79 Å². The van der Waals surface area contributed by atoms with Crippen molar-refractivity contribution < 1.29 is 51.6 Å². The zero-order valence-corrected chi connectivity index (χ0v) is 28.4. The van der Waals surface area contributed by atoms with E-state index in [1.165, 1.54) is 21.3 Å². The average molecular weight is 622 g/mol. The number of hydrogen-bond donors (Lipinski definition) is 0. The Labute approximate surface area is 251 Å². The molecule has 0 aromatic heterocycles. The SMILES string of the molecule is COC1C(N(C)C)C[C@@H](C)O[C@H]1O[C@H]([C@@H](C)C1=C(C)C(=O)OC(C)(C)O1)[C@@](C)(C[C@@H](C)C(=O)CP(=O)(OC)OC)OC. The van der Waals surface area contributed by atoms with E-state index < -0.39 is 55.3 Å². The molecule has 1 fully saturated rings. The number of likely N-dealkylation sites (N-methyl/N-ethyl adjacent to an activating group) is 1. The molecule has 2 aliphatic heterocycles. The van der Waals surface area contributed by atoms with Crippen LogP contribution in [-0.2, 0) is 51.6 Å². The first-order chi connectivity index (χ1) is 19.4. The van der Waals surface area contributed by atoms with E-state index in [-0.39, 0.29) is 30.5 Å². The summed E-state index contributed by atoms with van der Waals surface area (Å²) in [4.78, 5) is 28.1. The number of nitrogens with zero attached hydrogens (tertiary/aromatic N) is 1. The second kappa shape index (κ2) is 14.6. The van der Waals surface area contributed by atoms with Gasteiger partial charge in [-0.15, -0.1) is 0 Å². The molecular weight excluding hydrogens is 569 g/mol. The molecule has 42 heavy (non-hydrogen) atoms. The van der Waals surface area contributed by atoms with Gasteiger partial charge in [0.1, 0.15) is 23.8 Å². The molecule has 1 saturated heterocycles. The van der Waals surface area contributed by atoms with E-state index in [0.717, 1.165) is 6.42 Å². The van der Waals surface area contributed by atoms with Crippen LogP contribution >= 0.6 is 7.60 Å². The third-order valence-electron chi connectivity index (χ3n) is 8.28. The maximum absolute atomic E-state index is 13.2. The van der Waals surface area contributed by atoms with E-state index in [4.69, 9.17) is 37.5 Å². The van der Waals surface area contributed by atoms with Crippen molar-refractivity contribution in [2.75, 3.05) is 48.7 Å². The lowest BCUT2D eigenvalue weighted by Gasteiger charge is -2.48. The van der Waals surface area contributed by atoms with Gasteiger partial charge in [0.05, 0.1) is 23.4 Å². The highest BCUT2D eigenvalue weighted by atomic mass is 31.2. The van der Waals surface area contributed by atoms with Crippen LogP contribution in [0, 0.1) is 11.8 Å². The molecule has 0 aromatic carbocycles. The van der Waals surface area contributed by atoms with Crippen molar-refractivity contribution in [3.05, 3.63) is 11.3 Å². The molecule has 0 radical (unpaired) electrons. The molecule has 2 unspecified atom stereocenters. The fourth-order valence-electron chi connectivity index (χ4n) is 5.76. The fourth-order valence-corrected chi connectivity index (χ4v) is 6.86. The molecule has 0 saturated carbocycles. The molecule has 13 heteroatoms. The van der Waals surface area contributed by atoms with Crippen LogP contribution in [-0.4, -0.2) is 107 Å². The number of cyclic esters (lactones) is 1. The minimum absolute atomic E-state index is 0.00651. The third kappa shape index (κ3) is 8.63. The lowest BCUT2D eigenvalue weighted by molar-refractivity contribution is -0.302. The Kier molecular flexibility index (Phi) is 12.8. The van der Waals surface area contributed by atoms with Gasteiger partial charge in [-0.05, 0) is 47.7 Å². The first kappa shape index (κ1) is 36.8. The van der Waals surface area contributed by atoms with Gasteiger partial charge in [-0.1, -0.05) is 13.8 Å². The second-order valence-electron chi connectivity index (χ2n) is 12.2. The van der Waals surface area contributed by atoms with Crippen molar-refractivity contribution in [2.45, 2.75) is 103 Å². The number of ketones is 1. The predicted molar refractivity (Wildman–Crippen MR) is 156 cm³/mol. The van der Waals surface area contributed by atoms with Gasteiger partial charge in [-0.2, -0.15) is 0 Å². The Morgan fingerprint density at radius 1 is 1.14 bits per heavy atom. The lowest BCUT2D eigenvalue weighted by atomic mass is 9.79. The van der Waals surface area contributed by atoms with Gasteiger partial charge in [0, 0.05) is 60.2 Å². The van der Waals surface area contributed by atoms with Gasteiger partial charge in [-0.3, -0.25) is 9.36 Å². The van der Waals surface area contributed by atoms with Crippen molar-refractivity contribution in [3.8, 4) is 0 Å². The molecule has 244 valence electrons. The summed E-state index contributed by atoms with van der Waals surface area (Å²) in [6.45, 7) is 12.4. The van der Waals surface area contributed by atoms with E-state index in [1.807, 2.05) is 34.9 Å². The summed E-state index contributed by atoms with van der Waals surface area (Å²) in [6, 6.07) is 0.00651. The summed E-state index contributed by atoms with van der Waals surface area (Å²) in [5.74, 6) is -2.77. The van der Waals surface area contributed by atoms with Crippen LogP contribution in [0.4, 0.5) is 0 Å². The van der Waals surface area contributed by atoms with E-state index in [0.29, 0.717) is 11.3 Å². The van der Waals surface area contributed by atoms with Crippen LogP contribution in [0.25, 0.3) is 0 Å². The van der Waals surface area contributed by atoms with Crippen LogP contribution in [0.5, 0.6) is 0 Å². The Balaban J connectivity index is 2.56. The molecule has 0 aliphatic carbocycles. The smallest absolute Gasteiger partial charge is 0.340 e. The first-order valence-corrected chi connectivity index (χ1v) is 16.0. The molecule has 2 heterocycles. The van der Waals surface area contributed by atoms with Crippen molar-refractivity contribution in [1.82, 2.24) is 4.90 Å². The van der Waals surface area contributed by atoms with Gasteiger partial charge in [0.25, 0.3) is 0 Å². The highest BCUT2D eigenvalue weighted by Crippen LogP contribution is 2.47. The molecule has 8 atom stereocenters. The molecule has 0 amide bonds. The summed E-state index contributed by atoms with van der Waals surface area (Å²) in [5.41, 5.74) is -0.803. The Hall–Kier alpha value is -1.37. The molecule has 0 aromatic rings. The van der Waals surface area contributed by atoms with Gasteiger partial charge in [0.15, 0.2) is 6.29 Å². The molecule has 0 bridgehead atoms. The van der Waals surface area contributed by atoms with Crippen molar-refractivity contribution in [2.24, 2.45) is 11.8 Å². The number of carbonyl (C=O) groups is 2. The van der Waals surface area contributed by atoms with Crippen LogP contribution < -0.4 is 0 Å². The largest absolute Gasteiger partial charge is 0.456 e. The Morgan fingerprint density at radius 3 is 2.24 bits per heavy atom. The zero-order chi connectivity index (χ0) is 32.2. The van der Waals surface area contributed by atoms with E-state index in [9.17, 15) is 14.2 Å². The van der Waals surface area contributed by atoms with Gasteiger partial charge in [-0.25, -0.2) is 4.79 Å². The standard InChI is InChI=1S/C29H52NO11P/c1-17(22(31)16-42(33,36-12)37-13)15-29(7,35-11)25(19(3)23-20(4)26(32)41-28(5,6)40-23)39-27-24(34-10)21(30(8)9)14-18(2)38-27/h17-19,21,24-25,27H,14-16H2,1-13H3/t17-,18-,19+,21?,24?,25-,27+,29-/m1/s1. The molecule has 2 rings (SSSR count). The van der Waals surface area contributed by atoms with Gasteiger partial charge < -0.3 is 42.4 Å². The Morgan fingerprint density at radius 2 is 1.74 bits per heavy atom. The van der Waals surface area contributed by atoms with E-state index in [1.54, 1.807) is 34.8 Å². The van der Waals surface area contributed by atoms with Crippen LogP contribution in [0.15, 0.2) is 11.3 Å². The van der Waals surface area contributed by atoms with Crippen molar-refractivity contribution >= 4 is 19.3 Å². The van der Waals surface area contributed by atoms with Crippen LogP contribution in [0.2, 0.25) is 0 Å². The summed E-state index contributed by atoms with van der Waals surface area (Å²) in [5, 5.41) is 0. The van der Waals surface area contributed by atoms with Crippen molar-refractivity contribution in [1.29, 1.82) is 0 Å². The second-order valence-corrected chi connectivity index (χ2v) is 14.5. The minimum Gasteiger partial charge on any atom is -0.456 e. The zero-order valence-electron chi connectivity index (χ0n) is 27.5. The van der Waals surface area contributed by atoms with Crippen LogP contribution in [0.1, 0.15) is 61.3 Å². The average Bonchev–Trinajstić information content (AvgIpc) is 2.92. The highest BCUT2D eigenvalue weighted by molar-refractivity contribution is 7.54. The summed E-state index contributed by atoms with van der Waals surface area (Å²) in [6.07, 6.45) is -1.62.